The molecule has 1 aliphatic rings. The van der Waals surface area contributed by atoms with Gasteiger partial charge in [-0.2, -0.15) is 0 Å². The first-order valence-corrected chi connectivity index (χ1v) is 13.8. The number of ether oxygens (including phenoxy) is 1. The summed E-state index contributed by atoms with van der Waals surface area (Å²) in [5.41, 5.74) is 2.74. The van der Waals surface area contributed by atoms with Crippen molar-refractivity contribution in [3.05, 3.63) is 84.1 Å². The van der Waals surface area contributed by atoms with Gasteiger partial charge in [0.25, 0.3) is 0 Å². The Bertz CT molecular complexity index is 1340. The highest BCUT2D eigenvalue weighted by molar-refractivity contribution is 6.02. The van der Waals surface area contributed by atoms with E-state index in [1.807, 2.05) is 42.5 Å². The Kier molecular flexibility index (Phi) is 9.69. The number of likely N-dealkylation sites (N-methyl/N-ethyl adjacent to an activating group) is 1. The maximum atomic E-state index is 12.6. The summed E-state index contributed by atoms with van der Waals surface area (Å²) in [4.78, 5) is 33.9. The van der Waals surface area contributed by atoms with Crippen molar-refractivity contribution in [3.63, 3.8) is 0 Å². The van der Waals surface area contributed by atoms with Gasteiger partial charge in [-0.25, -0.2) is 4.98 Å². The summed E-state index contributed by atoms with van der Waals surface area (Å²) in [6.45, 7) is 13.7. The van der Waals surface area contributed by atoms with Crippen LogP contribution in [-0.2, 0) is 15.0 Å². The molecule has 1 saturated heterocycles. The van der Waals surface area contributed by atoms with Crippen LogP contribution in [-0.4, -0.2) is 65.9 Å². The quantitative estimate of drug-likeness (QED) is 0.353. The number of pyridine rings is 1. The molecule has 40 heavy (non-hydrogen) atoms. The van der Waals surface area contributed by atoms with E-state index in [4.69, 9.17) is 4.74 Å². The van der Waals surface area contributed by atoms with E-state index >= 15 is 0 Å². The fraction of sp³-hybridized carbons (Fsp3) is 0.344. The molecular formula is C32H39N5O3. The van der Waals surface area contributed by atoms with E-state index < -0.39 is 0 Å². The number of anilines is 2. The van der Waals surface area contributed by atoms with Gasteiger partial charge in [-0.1, -0.05) is 52.0 Å². The zero-order chi connectivity index (χ0) is 28.5. The van der Waals surface area contributed by atoms with Gasteiger partial charge in [0.1, 0.15) is 17.3 Å². The van der Waals surface area contributed by atoms with Gasteiger partial charge in [0.05, 0.1) is 6.54 Å². The normalized spacial score (nSPS) is 14.7. The van der Waals surface area contributed by atoms with Gasteiger partial charge in [-0.05, 0) is 59.5 Å². The van der Waals surface area contributed by atoms with Crippen LogP contribution in [0.25, 0.3) is 6.08 Å². The molecule has 0 spiro atoms. The summed E-state index contributed by atoms with van der Waals surface area (Å²) in [5, 5.41) is 5.80. The molecule has 1 aliphatic heterocycles. The third kappa shape index (κ3) is 8.76. The van der Waals surface area contributed by atoms with E-state index in [1.165, 1.54) is 6.08 Å². The molecule has 1 aromatic heterocycles. The fourth-order valence-electron chi connectivity index (χ4n) is 4.43. The standard InChI is InChI=1S/C32H39N5O3/c1-5-36-16-18-37(19-17-36)23-31(39)35-29-22-28(14-15-33-29)40-27-11-6-8-24(20-27)12-13-30(38)34-26-10-7-9-25(21-26)32(2,3)4/h6-15,20-22H,5,16-19,23H2,1-4H3,(H,34,38)(H,33,35,39). The number of carbonyl (C=O) groups is 2. The highest BCUT2D eigenvalue weighted by Crippen LogP contribution is 2.26. The number of hydrogen-bond acceptors (Lipinski definition) is 6. The topological polar surface area (TPSA) is 86.8 Å². The van der Waals surface area contributed by atoms with E-state index in [9.17, 15) is 9.59 Å². The van der Waals surface area contributed by atoms with E-state index in [2.05, 4.69) is 59.2 Å². The number of piperazine rings is 1. The molecule has 0 bridgehead atoms. The minimum atomic E-state index is -0.209. The van der Waals surface area contributed by atoms with Crippen molar-refractivity contribution in [2.24, 2.45) is 0 Å². The highest BCUT2D eigenvalue weighted by Gasteiger charge is 2.18. The van der Waals surface area contributed by atoms with Crippen LogP contribution in [0.5, 0.6) is 11.5 Å². The van der Waals surface area contributed by atoms with Crippen LogP contribution in [0.15, 0.2) is 72.9 Å². The van der Waals surface area contributed by atoms with Crippen LogP contribution in [0.3, 0.4) is 0 Å². The molecule has 2 aromatic carbocycles. The van der Waals surface area contributed by atoms with Gasteiger partial charge in [0.15, 0.2) is 0 Å². The molecule has 210 valence electrons. The van der Waals surface area contributed by atoms with Crippen molar-refractivity contribution in [1.82, 2.24) is 14.8 Å². The molecule has 3 aromatic rings. The smallest absolute Gasteiger partial charge is 0.248 e. The van der Waals surface area contributed by atoms with Gasteiger partial charge >= 0.3 is 0 Å². The Morgan fingerprint density at radius 3 is 2.40 bits per heavy atom. The molecule has 0 radical (unpaired) electrons. The van der Waals surface area contributed by atoms with Gasteiger partial charge < -0.3 is 20.3 Å². The summed E-state index contributed by atoms with van der Waals surface area (Å²) in [7, 11) is 0. The van der Waals surface area contributed by atoms with Crippen LogP contribution in [0.4, 0.5) is 11.5 Å². The van der Waals surface area contributed by atoms with Crippen molar-refractivity contribution in [2.75, 3.05) is 49.9 Å². The van der Waals surface area contributed by atoms with E-state index in [-0.39, 0.29) is 17.2 Å². The molecule has 0 saturated carbocycles. The molecule has 8 nitrogen and oxygen atoms in total. The number of hydrogen-bond donors (Lipinski definition) is 2. The van der Waals surface area contributed by atoms with Crippen molar-refractivity contribution >= 4 is 29.4 Å². The first kappa shape index (κ1) is 29.0. The number of benzene rings is 2. The van der Waals surface area contributed by atoms with Crippen molar-refractivity contribution < 1.29 is 14.3 Å². The number of rotatable bonds is 9. The zero-order valence-electron chi connectivity index (χ0n) is 23.8. The van der Waals surface area contributed by atoms with E-state index in [0.717, 1.165) is 49.5 Å². The average molecular weight is 542 g/mol. The molecule has 0 atom stereocenters. The van der Waals surface area contributed by atoms with Gasteiger partial charge in [-0.3, -0.25) is 14.5 Å². The largest absolute Gasteiger partial charge is 0.457 e. The fourth-order valence-corrected chi connectivity index (χ4v) is 4.43. The molecule has 8 heteroatoms. The Morgan fingerprint density at radius 1 is 0.925 bits per heavy atom. The molecule has 0 aliphatic carbocycles. The van der Waals surface area contributed by atoms with Gasteiger partial charge in [0, 0.05) is 50.2 Å². The Hall–Kier alpha value is -4.01. The highest BCUT2D eigenvalue weighted by atomic mass is 16.5. The van der Waals surface area contributed by atoms with E-state index in [1.54, 1.807) is 24.4 Å². The van der Waals surface area contributed by atoms with E-state index in [0.29, 0.717) is 23.9 Å². The van der Waals surface area contributed by atoms with Crippen molar-refractivity contribution in [2.45, 2.75) is 33.1 Å². The summed E-state index contributed by atoms with van der Waals surface area (Å²) >= 11 is 0. The second-order valence-electron chi connectivity index (χ2n) is 11.0. The molecule has 1 fully saturated rings. The molecule has 2 amide bonds. The zero-order valence-corrected chi connectivity index (χ0v) is 23.8. The predicted octanol–water partition coefficient (Wildman–Crippen LogP) is 5.40. The molecule has 0 unspecified atom stereocenters. The third-order valence-electron chi connectivity index (χ3n) is 6.80. The van der Waals surface area contributed by atoms with Gasteiger partial charge in [-0.15, -0.1) is 0 Å². The second kappa shape index (κ2) is 13.4. The lowest BCUT2D eigenvalue weighted by atomic mass is 9.87. The van der Waals surface area contributed by atoms with Crippen molar-refractivity contribution in [3.8, 4) is 11.5 Å². The Morgan fingerprint density at radius 2 is 1.65 bits per heavy atom. The number of aromatic nitrogens is 1. The van der Waals surface area contributed by atoms with Crippen LogP contribution in [0, 0.1) is 0 Å². The summed E-state index contributed by atoms with van der Waals surface area (Å²) < 4.78 is 6.02. The number of carbonyl (C=O) groups excluding carboxylic acids is 2. The minimum absolute atomic E-state index is 0.00242. The summed E-state index contributed by atoms with van der Waals surface area (Å²) in [5.74, 6) is 1.30. The van der Waals surface area contributed by atoms with Gasteiger partial charge in [0.2, 0.25) is 11.8 Å². The molecule has 2 N–H and O–H groups in total. The summed E-state index contributed by atoms with van der Waals surface area (Å²) in [6, 6.07) is 18.8. The Balaban J connectivity index is 1.31. The molecule has 2 heterocycles. The first-order chi connectivity index (χ1) is 19.2. The van der Waals surface area contributed by atoms with Crippen LogP contribution < -0.4 is 15.4 Å². The minimum Gasteiger partial charge on any atom is -0.457 e. The monoisotopic (exact) mass is 541 g/mol. The van der Waals surface area contributed by atoms with Crippen LogP contribution in [0.1, 0.15) is 38.8 Å². The first-order valence-electron chi connectivity index (χ1n) is 13.8. The third-order valence-corrected chi connectivity index (χ3v) is 6.80. The number of amides is 2. The number of nitrogens with zero attached hydrogens (tertiary/aromatic N) is 3. The lowest BCUT2D eigenvalue weighted by Gasteiger charge is -2.33. The average Bonchev–Trinajstić information content (AvgIpc) is 2.92. The Labute approximate surface area is 237 Å². The number of nitrogens with one attached hydrogen (secondary N) is 2. The maximum absolute atomic E-state index is 12.6. The summed E-state index contributed by atoms with van der Waals surface area (Å²) in [6.07, 6.45) is 4.85. The van der Waals surface area contributed by atoms with Crippen LogP contribution >= 0.6 is 0 Å². The second-order valence-corrected chi connectivity index (χ2v) is 11.0. The van der Waals surface area contributed by atoms with Crippen molar-refractivity contribution in [1.29, 1.82) is 0 Å². The predicted molar refractivity (Wildman–Crippen MR) is 161 cm³/mol. The lowest BCUT2D eigenvalue weighted by Crippen LogP contribution is -2.48. The van der Waals surface area contributed by atoms with Crippen LogP contribution in [0.2, 0.25) is 0 Å². The lowest BCUT2D eigenvalue weighted by molar-refractivity contribution is -0.117. The maximum Gasteiger partial charge on any atom is 0.248 e. The molecular weight excluding hydrogens is 502 g/mol. The molecule has 4 rings (SSSR count). The SMILES string of the molecule is CCN1CCN(CC(=O)Nc2cc(Oc3cccc(C=CC(=O)Nc4cccc(C(C)(C)C)c4)c3)ccn2)CC1.